The highest BCUT2D eigenvalue weighted by atomic mass is 127. The summed E-state index contributed by atoms with van der Waals surface area (Å²) >= 11 is 7.81. The highest BCUT2D eigenvalue weighted by Crippen LogP contribution is 2.41. The molecule has 75 heavy (non-hydrogen) atoms. The van der Waals surface area contributed by atoms with Crippen molar-refractivity contribution in [3.8, 4) is 0 Å². The van der Waals surface area contributed by atoms with E-state index in [0.29, 0.717) is 55.2 Å². The normalized spacial score (nSPS) is 15.6. The zero-order valence-electron chi connectivity index (χ0n) is 45.2. The van der Waals surface area contributed by atoms with E-state index in [4.69, 9.17) is 18.9 Å². The first kappa shape index (κ1) is 59.2. The molecule has 2 heterocycles. The molecule has 0 radical (unpaired) electrons. The number of thiol groups is 1. The van der Waals surface area contributed by atoms with Gasteiger partial charge in [-0.05, 0) is 228 Å². The van der Waals surface area contributed by atoms with E-state index in [0.717, 1.165) is 48.3 Å². The summed E-state index contributed by atoms with van der Waals surface area (Å²) in [6.45, 7) is 22.0. The first-order valence-corrected chi connectivity index (χ1v) is 27.8. The Labute approximate surface area is 463 Å². The third-order valence-electron chi connectivity index (χ3n) is 11.9. The quantitative estimate of drug-likeness (QED) is 0.0674. The number of aryl methyl sites for hydroxylation is 2. The van der Waals surface area contributed by atoms with Crippen LogP contribution in [0.25, 0.3) is 22.1 Å². The number of imidazole rings is 2. The van der Waals surface area contributed by atoms with Gasteiger partial charge in [0, 0.05) is 43.2 Å². The molecular formula is C58H71F2IN4O8S2. The third kappa shape index (κ3) is 17.5. The lowest BCUT2D eigenvalue weighted by atomic mass is 9.80. The second-order valence-electron chi connectivity index (χ2n) is 23.0. The van der Waals surface area contributed by atoms with E-state index in [1.807, 2.05) is 76.3 Å². The minimum Gasteiger partial charge on any atom is -0.460 e. The molecule has 6 aromatic rings. The van der Waals surface area contributed by atoms with Crippen LogP contribution in [0, 0.1) is 15.2 Å². The van der Waals surface area contributed by atoms with Gasteiger partial charge in [-0.2, -0.15) is 0 Å². The van der Waals surface area contributed by atoms with Crippen LogP contribution < -0.4 is 0 Å². The predicted molar refractivity (Wildman–Crippen MR) is 301 cm³/mol. The summed E-state index contributed by atoms with van der Waals surface area (Å²) in [7, 11) is 0. The number of rotatable bonds is 8. The lowest BCUT2D eigenvalue weighted by molar-refractivity contribution is -0.156. The monoisotopic (exact) mass is 1180 g/mol. The van der Waals surface area contributed by atoms with E-state index in [-0.39, 0.29) is 17.5 Å². The number of benzene rings is 4. The topological polar surface area (TPSA) is 141 Å². The van der Waals surface area contributed by atoms with Gasteiger partial charge in [-0.1, -0.05) is 23.9 Å². The molecule has 0 unspecified atom stereocenters. The fourth-order valence-electron chi connectivity index (χ4n) is 9.04. The maximum absolute atomic E-state index is 14.6. The van der Waals surface area contributed by atoms with Crippen molar-refractivity contribution in [2.45, 2.75) is 196 Å². The number of halogens is 3. The molecule has 12 nitrogen and oxygen atoms in total. The second-order valence-corrected chi connectivity index (χ2v) is 25.8. The summed E-state index contributed by atoms with van der Waals surface area (Å²) in [6, 6.07) is 18.1. The average molecular weight is 1180 g/mol. The maximum atomic E-state index is 14.6. The van der Waals surface area contributed by atoms with Crippen molar-refractivity contribution >= 4 is 93.2 Å². The van der Waals surface area contributed by atoms with Crippen LogP contribution in [0.3, 0.4) is 0 Å². The lowest BCUT2D eigenvalue weighted by Crippen LogP contribution is -2.26. The largest absolute Gasteiger partial charge is 0.460 e. The van der Waals surface area contributed by atoms with Crippen LogP contribution in [-0.2, 0) is 41.4 Å². The molecule has 0 N–H and O–H groups in total. The Balaban J connectivity index is 0.000000202. The van der Waals surface area contributed by atoms with Gasteiger partial charge in [0.05, 0.1) is 11.0 Å². The Morgan fingerprint density at radius 1 is 0.613 bits per heavy atom. The standard InChI is InChI=1S/C29H35FN2O4S.C17H24O2S.C12H12FIN2O2/c1-28(2,3)35-25(33)13-10-18-8-7-9-19-14-21(11-12-22(18)19)37-24-16-20(30)15-23-26(24)31-17-32(23)27(34)36-29(4,5)6;1-17(2,3)19-16(18)10-7-12-5-4-6-13-11-14(20)8-9-15(12)13;1-12(2,3)18-11(17)16-6-15-10-8(14)4-7(13)5-9(10)16/h11-12,14-18H,7-10,13H2,1-6H3;8-9,11-12,20H,4-7,10H2,1-3H3;4-6H,1-3H3/t18-;12-;/m00./s1. The molecule has 0 fully saturated rings. The van der Waals surface area contributed by atoms with Crippen molar-refractivity contribution in [2.24, 2.45) is 0 Å². The zero-order chi connectivity index (χ0) is 55.2. The fourth-order valence-corrected chi connectivity index (χ4v) is 11.0. The molecule has 2 aliphatic carbocycles. The van der Waals surface area contributed by atoms with Gasteiger partial charge in [-0.15, -0.1) is 12.6 Å². The molecule has 17 heteroatoms. The predicted octanol–water partition coefficient (Wildman–Crippen LogP) is 15.7. The van der Waals surface area contributed by atoms with Crippen LogP contribution in [0.1, 0.15) is 169 Å². The van der Waals surface area contributed by atoms with Crippen molar-refractivity contribution in [3.05, 3.63) is 111 Å². The molecule has 0 saturated heterocycles. The Hall–Kier alpha value is -5.01. The number of fused-ring (bicyclic) bond motifs is 4. The Morgan fingerprint density at radius 2 is 1.05 bits per heavy atom. The Morgan fingerprint density at radius 3 is 1.55 bits per heavy atom. The average Bonchev–Trinajstić information content (AvgIpc) is 3.91. The van der Waals surface area contributed by atoms with E-state index < -0.39 is 40.6 Å². The van der Waals surface area contributed by atoms with Gasteiger partial charge >= 0.3 is 24.1 Å². The van der Waals surface area contributed by atoms with Crippen LogP contribution in [0.4, 0.5) is 18.4 Å². The SMILES string of the molecule is CC(C)(C)OC(=O)CC[C@@H]1CCCc2cc(S)ccc21.CC(C)(C)OC(=O)CC[C@@H]1CCCc2cc(Sc3cc(F)cc4c3ncn4C(=O)OC(C)(C)C)ccc21.CC(C)(C)OC(=O)n1cnc2c(I)cc(F)cc21. The van der Waals surface area contributed by atoms with Crippen LogP contribution in [0.15, 0.2) is 88.0 Å². The molecule has 0 saturated carbocycles. The molecule has 4 aromatic carbocycles. The third-order valence-corrected chi connectivity index (χ3v) is 14.0. The number of nitrogens with zero attached hydrogens (tertiary/aromatic N) is 4. The van der Waals surface area contributed by atoms with Crippen molar-refractivity contribution < 1.29 is 46.9 Å². The summed E-state index contributed by atoms with van der Waals surface area (Å²) in [5, 5.41) is 0. The smallest absolute Gasteiger partial charge is 0.420 e. The number of esters is 2. The summed E-state index contributed by atoms with van der Waals surface area (Å²) in [5.41, 5.74) is 5.12. The van der Waals surface area contributed by atoms with Crippen molar-refractivity contribution in [3.63, 3.8) is 0 Å². The van der Waals surface area contributed by atoms with Gasteiger partial charge < -0.3 is 18.9 Å². The number of carbonyl (C=O) groups excluding carboxylic acids is 4. The van der Waals surface area contributed by atoms with Crippen molar-refractivity contribution in [1.82, 2.24) is 19.1 Å². The molecule has 2 atom stereocenters. The molecule has 2 aromatic heterocycles. The number of ether oxygens (including phenoxy) is 4. The summed E-state index contributed by atoms with van der Waals surface area (Å²) in [5.74, 6) is -0.290. The molecule has 0 amide bonds. The molecule has 0 spiro atoms. The second kappa shape index (κ2) is 24.5. The zero-order valence-corrected chi connectivity index (χ0v) is 49.1. The molecule has 404 valence electrons. The highest BCUT2D eigenvalue weighted by molar-refractivity contribution is 14.1. The Bertz CT molecular complexity index is 3040. The van der Waals surface area contributed by atoms with Crippen molar-refractivity contribution in [2.75, 3.05) is 0 Å². The number of aromatic nitrogens is 4. The molecule has 0 aliphatic heterocycles. The first-order chi connectivity index (χ1) is 34.9. The molecule has 2 aliphatic rings. The maximum Gasteiger partial charge on any atom is 0.420 e. The van der Waals surface area contributed by atoms with Crippen LogP contribution >= 0.6 is 47.0 Å². The van der Waals surface area contributed by atoms with E-state index in [1.165, 1.54) is 92.9 Å². The molecule has 8 rings (SSSR count). The van der Waals surface area contributed by atoms with E-state index in [1.54, 1.807) is 41.5 Å². The van der Waals surface area contributed by atoms with Crippen LogP contribution in [0.2, 0.25) is 0 Å². The number of carbonyl (C=O) groups is 4. The van der Waals surface area contributed by atoms with Crippen LogP contribution in [0.5, 0.6) is 0 Å². The van der Waals surface area contributed by atoms with E-state index >= 15 is 0 Å². The highest BCUT2D eigenvalue weighted by Gasteiger charge is 2.27. The van der Waals surface area contributed by atoms with Gasteiger partial charge in [0.1, 0.15) is 57.7 Å². The molecule has 0 bridgehead atoms. The van der Waals surface area contributed by atoms with Gasteiger partial charge in [-0.3, -0.25) is 9.59 Å². The fraction of sp³-hybridized carbons (Fsp3) is 0.483. The summed E-state index contributed by atoms with van der Waals surface area (Å²) in [4.78, 5) is 59.7. The number of hydrogen-bond acceptors (Lipinski definition) is 12. The van der Waals surface area contributed by atoms with Gasteiger partial charge in [0.25, 0.3) is 0 Å². The Kier molecular flexibility index (Phi) is 19.4. The molecular weight excluding hydrogens is 1110 g/mol. The van der Waals surface area contributed by atoms with Crippen molar-refractivity contribution in [1.29, 1.82) is 0 Å². The van der Waals surface area contributed by atoms with Crippen LogP contribution in [-0.4, -0.2) is 65.6 Å². The lowest BCUT2D eigenvalue weighted by Gasteiger charge is -2.26. The minimum absolute atomic E-state index is 0.0876. The first-order valence-electron chi connectivity index (χ1n) is 25.4. The van der Waals surface area contributed by atoms with E-state index in [9.17, 15) is 28.0 Å². The van der Waals surface area contributed by atoms with Gasteiger partial charge in [0.15, 0.2) is 0 Å². The summed E-state index contributed by atoms with van der Waals surface area (Å²) < 4.78 is 52.6. The van der Waals surface area contributed by atoms with Gasteiger partial charge in [-0.25, -0.2) is 37.5 Å². The van der Waals surface area contributed by atoms with E-state index in [2.05, 4.69) is 46.9 Å². The number of hydrogen-bond donors (Lipinski definition) is 1. The van der Waals surface area contributed by atoms with Gasteiger partial charge in [0.2, 0.25) is 0 Å². The minimum atomic E-state index is -0.674. The summed E-state index contributed by atoms with van der Waals surface area (Å²) in [6.07, 6.45) is 10.7.